The predicted molar refractivity (Wildman–Crippen MR) is 61.1 cm³/mol. The highest BCUT2D eigenvalue weighted by atomic mass is 16.5. The van der Waals surface area contributed by atoms with Gasteiger partial charge >= 0.3 is 0 Å². The topological polar surface area (TPSA) is 80.0 Å². The Morgan fingerprint density at radius 1 is 1.65 bits per heavy atom. The highest BCUT2D eigenvalue weighted by Gasteiger charge is 2.16. The van der Waals surface area contributed by atoms with E-state index < -0.39 is 0 Å². The van der Waals surface area contributed by atoms with Gasteiger partial charge in [-0.25, -0.2) is 0 Å². The van der Waals surface area contributed by atoms with Crippen LogP contribution < -0.4 is 10.6 Å². The van der Waals surface area contributed by atoms with Gasteiger partial charge in [-0.1, -0.05) is 5.16 Å². The second-order valence-electron chi connectivity index (χ2n) is 4.43. The molecular formula is C11H18N4O2. The Morgan fingerprint density at radius 3 is 3.18 bits per heavy atom. The van der Waals surface area contributed by atoms with Crippen LogP contribution in [0.15, 0.2) is 4.52 Å². The van der Waals surface area contributed by atoms with Gasteiger partial charge in [-0.2, -0.15) is 4.98 Å². The zero-order valence-electron chi connectivity index (χ0n) is 10.0. The van der Waals surface area contributed by atoms with Gasteiger partial charge in [-0.05, 0) is 38.8 Å². The van der Waals surface area contributed by atoms with Crippen LogP contribution in [0, 0.1) is 12.8 Å². The van der Waals surface area contributed by atoms with Crippen LogP contribution in [0.4, 0.5) is 0 Å². The number of amides is 1. The van der Waals surface area contributed by atoms with Gasteiger partial charge in [0.1, 0.15) is 0 Å². The molecule has 0 aliphatic carbocycles. The molecule has 0 saturated carbocycles. The molecule has 1 unspecified atom stereocenters. The Bertz CT molecular complexity index is 371. The Balaban J connectivity index is 1.70. The zero-order valence-corrected chi connectivity index (χ0v) is 10.0. The fourth-order valence-electron chi connectivity index (χ4n) is 2.02. The molecule has 1 saturated heterocycles. The number of hydrogen-bond acceptors (Lipinski definition) is 5. The smallest absolute Gasteiger partial charge is 0.246 e. The number of carbonyl (C=O) groups is 1. The molecule has 2 heterocycles. The maximum absolute atomic E-state index is 11.7. The normalized spacial score (nSPS) is 20.2. The number of aryl methyl sites for hydroxylation is 1. The highest BCUT2D eigenvalue weighted by molar-refractivity contribution is 5.76. The molecule has 6 heteroatoms. The quantitative estimate of drug-likeness (QED) is 0.793. The van der Waals surface area contributed by atoms with Crippen LogP contribution in [0.3, 0.4) is 0 Å². The Kier molecular flexibility index (Phi) is 4.08. The van der Waals surface area contributed by atoms with Crippen LogP contribution >= 0.6 is 0 Å². The molecule has 0 bridgehead atoms. The minimum Gasteiger partial charge on any atom is -0.347 e. The number of nitrogens with one attached hydrogen (secondary N) is 2. The molecular weight excluding hydrogens is 220 g/mol. The van der Waals surface area contributed by atoms with Crippen LogP contribution in [-0.2, 0) is 11.3 Å². The summed E-state index contributed by atoms with van der Waals surface area (Å²) in [5, 5.41) is 9.76. The van der Waals surface area contributed by atoms with Crippen LogP contribution in [0.25, 0.3) is 0 Å². The summed E-state index contributed by atoms with van der Waals surface area (Å²) in [6.07, 6.45) is 2.85. The molecule has 0 radical (unpaired) electrons. The summed E-state index contributed by atoms with van der Waals surface area (Å²) in [7, 11) is 0. The standard InChI is InChI=1S/C11H18N4O2/c1-8-14-11(17-15-8)7-13-10(16)5-9-3-2-4-12-6-9/h9,12H,2-7H2,1H3,(H,13,16). The van der Waals surface area contributed by atoms with Crippen LogP contribution in [0.1, 0.15) is 31.0 Å². The summed E-state index contributed by atoms with van der Waals surface area (Å²) in [6.45, 7) is 4.08. The van der Waals surface area contributed by atoms with E-state index in [9.17, 15) is 4.79 Å². The molecule has 6 nitrogen and oxygen atoms in total. The summed E-state index contributed by atoms with van der Waals surface area (Å²) >= 11 is 0. The van der Waals surface area contributed by atoms with E-state index in [0.29, 0.717) is 30.6 Å². The van der Waals surface area contributed by atoms with Crippen molar-refractivity contribution in [2.45, 2.75) is 32.7 Å². The first kappa shape index (κ1) is 12.0. The van der Waals surface area contributed by atoms with Gasteiger partial charge in [-0.3, -0.25) is 4.79 Å². The van der Waals surface area contributed by atoms with Gasteiger partial charge in [0.2, 0.25) is 11.8 Å². The van der Waals surface area contributed by atoms with E-state index in [1.54, 1.807) is 6.92 Å². The van der Waals surface area contributed by atoms with Crippen LogP contribution in [0.5, 0.6) is 0 Å². The molecule has 2 N–H and O–H groups in total. The van der Waals surface area contributed by atoms with Gasteiger partial charge in [0.05, 0.1) is 6.54 Å². The summed E-state index contributed by atoms with van der Waals surface area (Å²) in [4.78, 5) is 15.7. The van der Waals surface area contributed by atoms with E-state index in [4.69, 9.17) is 4.52 Å². The minimum atomic E-state index is 0.0505. The lowest BCUT2D eigenvalue weighted by molar-refractivity contribution is -0.122. The largest absolute Gasteiger partial charge is 0.347 e. The average Bonchev–Trinajstić information content (AvgIpc) is 2.74. The van der Waals surface area contributed by atoms with Crippen LogP contribution in [0.2, 0.25) is 0 Å². The van der Waals surface area contributed by atoms with Gasteiger partial charge in [0.25, 0.3) is 0 Å². The third kappa shape index (κ3) is 3.81. The summed E-state index contributed by atoms with van der Waals surface area (Å²) in [6, 6.07) is 0. The predicted octanol–water partition coefficient (Wildman–Crippen LogP) is 0.384. The first-order valence-electron chi connectivity index (χ1n) is 6.00. The van der Waals surface area contributed by atoms with E-state index in [2.05, 4.69) is 20.8 Å². The zero-order chi connectivity index (χ0) is 12.1. The van der Waals surface area contributed by atoms with Crippen molar-refractivity contribution in [3.05, 3.63) is 11.7 Å². The lowest BCUT2D eigenvalue weighted by Gasteiger charge is -2.21. The molecule has 1 fully saturated rings. The summed E-state index contributed by atoms with van der Waals surface area (Å²) < 4.78 is 4.92. The van der Waals surface area contributed by atoms with E-state index in [-0.39, 0.29) is 5.91 Å². The highest BCUT2D eigenvalue weighted by Crippen LogP contribution is 2.13. The molecule has 1 aliphatic rings. The second kappa shape index (κ2) is 5.77. The maximum Gasteiger partial charge on any atom is 0.246 e. The molecule has 1 aromatic rings. The van der Waals surface area contributed by atoms with Gasteiger partial charge < -0.3 is 15.2 Å². The van der Waals surface area contributed by atoms with Gasteiger partial charge in [0, 0.05) is 6.42 Å². The van der Waals surface area contributed by atoms with E-state index >= 15 is 0 Å². The van der Waals surface area contributed by atoms with E-state index in [1.807, 2.05) is 0 Å². The first-order valence-corrected chi connectivity index (χ1v) is 6.00. The minimum absolute atomic E-state index is 0.0505. The second-order valence-corrected chi connectivity index (χ2v) is 4.43. The van der Waals surface area contributed by atoms with Crippen molar-refractivity contribution in [3.63, 3.8) is 0 Å². The van der Waals surface area contributed by atoms with Gasteiger partial charge in [-0.15, -0.1) is 0 Å². The monoisotopic (exact) mass is 238 g/mol. The lowest BCUT2D eigenvalue weighted by Crippen LogP contribution is -2.34. The molecule has 0 spiro atoms. The van der Waals surface area contributed by atoms with Crippen LogP contribution in [-0.4, -0.2) is 29.1 Å². The number of rotatable bonds is 4. The number of hydrogen-bond donors (Lipinski definition) is 2. The molecule has 1 atom stereocenters. The Labute approximate surface area is 100 Å². The SMILES string of the molecule is Cc1noc(CNC(=O)CC2CCCNC2)n1. The van der Waals surface area contributed by atoms with Crippen molar-refractivity contribution >= 4 is 5.91 Å². The average molecular weight is 238 g/mol. The van der Waals surface area contributed by atoms with Crippen molar-refractivity contribution in [2.75, 3.05) is 13.1 Å². The summed E-state index contributed by atoms with van der Waals surface area (Å²) in [5.74, 6) is 1.55. The first-order chi connectivity index (χ1) is 8.24. The molecule has 17 heavy (non-hydrogen) atoms. The van der Waals surface area contributed by atoms with E-state index in [1.165, 1.54) is 0 Å². The molecule has 0 aromatic carbocycles. The van der Waals surface area contributed by atoms with Gasteiger partial charge in [0.15, 0.2) is 5.82 Å². The van der Waals surface area contributed by atoms with Crippen molar-refractivity contribution in [3.8, 4) is 0 Å². The third-order valence-electron chi connectivity index (χ3n) is 2.88. The molecule has 94 valence electrons. The fourth-order valence-corrected chi connectivity index (χ4v) is 2.02. The van der Waals surface area contributed by atoms with Crippen molar-refractivity contribution in [2.24, 2.45) is 5.92 Å². The van der Waals surface area contributed by atoms with Crippen molar-refractivity contribution in [1.29, 1.82) is 0 Å². The third-order valence-corrected chi connectivity index (χ3v) is 2.88. The van der Waals surface area contributed by atoms with Crippen molar-refractivity contribution < 1.29 is 9.32 Å². The lowest BCUT2D eigenvalue weighted by atomic mass is 9.96. The van der Waals surface area contributed by atoms with E-state index in [0.717, 1.165) is 25.9 Å². The molecule has 2 rings (SSSR count). The number of aromatic nitrogens is 2. The maximum atomic E-state index is 11.7. The summed E-state index contributed by atoms with van der Waals surface area (Å²) in [5.41, 5.74) is 0. The Hall–Kier alpha value is -1.43. The van der Waals surface area contributed by atoms with Crippen molar-refractivity contribution in [1.82, 2.24) is 20.8 Å². The Morgan fingerprint density at radius 2 is 2.53 bits per heavy atom. The molecule has 1 aliphatic heterocycles. The number of carbonyl (C=O) groups excluding carboxylic acids is 1. The molecule has 1 aromatic heterocycles. The molecule has 1 amide bonds. The number of nitrogens with zero attached hydrogens (tertiary/aromatic N) is 2. The fraction of sp³-hybridized carbons (Fsp3) is 0.727. The number of piperidine rings is 1.